The maximum Gasteiger partial charge on any atom is 0.232 e. The van der Waals surface area contributed by atoms with Gasteiger partial charge in [-0.1, -0.05) is 42.4 Å². The quantitative estimate of drug-likeness (QED) is 0.577. The van der Waals surface area contributed by atoms with E-state index in [0.717, 1.165) is 60.3 Å². The molecular weight excluding hydrogens is 398 g/mol. The molecule has 1 saturated heterocycles. The monoisotopic (exact) mass is 433 g/mol. The number of benzene rings is 1. The summed E-state index contributed by atoms with van der Waals surface area (Å²) in [6, 6.07) is 10.2. The van der Waals surface area contributed by atoms with E-state index in [1.54, 1.807) is 0 Å². The first-order valence-corrected chi connectivity index (χ1v) is 12.1. The van der Waals surface area contributed by atoms with E-state index in [9.17, 15) is 5.11 Å². The minimum absolute atomic E-state index is 0.116. The zero-order valence-corrected chi connectivity index (χ0v) is 19.2. The second-order valence-corrected chi connectivity index (χ2v) is 9.28. The Kier molecular flexibility index (Phi) is 9.05. The highest BCUT2D eigenvalue weighted by Crippen LogP contribution is 2.33. The molecule has 2 heterocycles. The van der Waals surface area contributed by atoms with Crippen LogP contribution >= 0.6 is 11.8 Å². The summed E-state index contributed by atoms with van der Waals surface area (Å²) in [4.78, 5) is 4.60. The second kappa shape index (κ2) is 11.7. The molecule has 1 unspecified atom stereocenters. The van der Waals surface area contributed by atoms with Crippen LogP contribution in [0.3, 0.4) is 0 Å². The highest BCUT2D eigenvalue weighted by atomic mass is 32.2. The van der Waals surface area contributed by atoms with Gasteiger partial charge in [-0.25, -0.2) is 0 Å². The molecule has 166 valence electrons. The van der Waals surface area contributed by atoms with Crippen LogP contribution in [-0.2, 0) is 11.3 Å². The van der Waals surface area contributed by atoms with Crippen LogP contribution in [0.4, 0.5) is 5.88 Å². The number of hydrogen-bond donors (Lipinski definition) is 1. The lowest BCUT2D eigenvalue weighted by Crippen LogP contribution is -2.37. The van der Waals surface area contributed by atoms with Gasteiger partial charge in [0.05, 0.1) is 24.4 Å². The number of anilines is 1. The van der Waals surface area contributed by atoms with Gasteiger partial charge >= 0.3 is 0 Å². The first kappa shape index (κ1) is 23.1. The van der Waals surface area contributed by atoms with Gasteiger partial charge in [0.2, 0.25) is 5.88 Å². The Labute approximate surface area is 184 Å². The molecule has 0 radical (unpaired) electrons. The van der Waals surface area contributed by atoms with Gasteiger partial charge in [-0.05, 0) is 26.8 Å². The molecule has 0 bridgehead atoms. The average Bonchev–Trinajstić information content (AvgIpc) is 3.17. The molecule has 1 aromatic carbocycles. The fourth-order valence-electron chi connectivity index (χ4n) is 3.71. The van der Waals surface area contributed by atoms with Crippen LogP contribution in [0.25, 0.3) is 11.3 Å². The van der Waals surface area contributed by atoms with Crippen molar-refractivity contribution in [2.45, 2.75) is 45.9 Å². The number of rotatable bonds is 11. The van der Waals surface area contributed by atoms with Crippen LogP contribution < -0.4 is 4.90 Å². The third-order valence-corrected chi connectivity index (χ3v) is 6.07. The molecule has 0 spiro atoms. The van der Waals surface area contributed by atoms with Crippen LogP contribution in [0, 0.1) is 0 Å². The van der Waals surface area contributed by atoms with Crippen molar-refractivity contribution in [2.24, 2.45) is 0 Å². The van der Waals surface area contributed by atoms with E-state index in [0.29, 0.717) is 19.7 Å². The molecule has 3 rings (SSSR count). The second-order valence-electron chi connectivity index (χ2n) is 8.05. The molecule has 1 fully saturated rings. The van der Waals surface area contributed by atoms with Crippen molar-refractivity contribution in [2.75, 3.05) is 49.2 Å². The van der Waals surface area contributed by atoms with Gasteiger partial charge in [-0.2, -0.15) is 11.8 Å². The van der Waals surface area contributed by atoms with Gasteiger partial charge in [0.25, 0.3) is 0 Å². The predicted octanol–water partition coefficient (Wildman–Crippen LogP) is 3.89. The topological polar surface area (TPSA) is 62.0 Å². The lowest BCUT2D eigenvalue weighted by Gasteiger charge is -2.29. The molecule has 2 aromatic rings. The molecule has 1 aromatic heterocycles. The summed E-state index contributed by atoms with van der Waals surface area (Å²) in [5.41, 5.74) is 3.07. The zero-order valence-electron chi connectivity index (χ0n) is 18.4. The lowest BCUT2D eigenvalue weighted by molar-refractivity contribution is -0.00947. The molecule has 1 atom stereocenters. The number of thioether (sulfide) groups is 1. The van der Waals surface area contributed by atoms with Gasteiger partial charge in [0.1, 0.15) is 5.69 Å². The van der Waals surface area contributed by atoms with Crippen molar-refractivity contribution >= 4 is 17.6 Å². The Balaban J connectivity index is 1.83. The Morgan fingerprint density at radius 1 is 1.23 bits per heavy atom. The van der Waals surface area contributed by atoms with E-state index in [4.69, 9.17) is 9.26 Å². The molecule has 30 heavy (non-hydrogen) atoms. The molecule has 0 aliphatic carbocycles. The van der Waals surface area contributed by atoms with Gasteiger partial charge in [0, 0.05) is 43.2 Å². The van der Waals surface area contributed by atoms with E-state index in [1.807, 2.05) is 43.8 Å². The summed E-state index contributed by atoms with van der Waals surface area (Å²) in [5, 5.41) is 15.0. The first-order valence-electron chi connectivity index (χ1n) is 11.0. The van der Waals surface area contributed by atoms with Crippen LogP contribution in [-0.4, -0.2) is 71.7 Å². The molecular formula is C23H35N3O3S. The minimum Gasteiger partial charge on any atom is -0.389 e. The van der Waals surface area contributed by atoms with Crippen LogP contribution in [0.15, 0.2) is 34.9 Å². The van der Waals surface area contributed by atoms with Crippen molar-refractivity contribution in [1.82, 2.24) is 10.1 Å². The van der Waals surface area contributed by atoms with Gasteiger partial charge < -0.3 is 19.3 Å². The van der Waals surface area contributed by atoms with Crippen molar-refractivity contribution in [3.05, 3.63) is 35.9 Å². The Morgan fingerprint density at radius 3 is 2.63 bits per heavy atom. The number of ether oxygens (including phenoxy) is 1. The molecule has 6 nitrogen and oxygen atoms in total. The summed E-state index contributed by atoms with van der Waals surface area (Å²) in [5.74, 6) is 3.08. The fraction of sp³-hybridized carbons (Fsp3) is 0.609. The highest BCUT2D eigenvalue weighted by Gasteiger charge is 2.26. The fourth-order valence-corrected chi connectivity index (χ4v) is 4.61. The minimum atomic E-state index is -0.520. The smallest absolute Gasteiger partial charge is 0.232 e. The Hall–Kier alpha value is -1.54. The maximum atomic E-state index is 10.5. The SMILES string of the molecule is CCCN(Cc1c(-c2ccccc2)noc1N1CCSCC1)CC(O)COC(C)C. The van der Waals surface area contributed by atoms with Crippen molar-refractivity contribution < 1.29 is 14.4 Å². The molecule has 7 heteroatoms. The molecule has 1 aliphatic heterocycles. The highest BCUT2D eigenvalue weighted by molar-refractivity contribution is 7.99. The number of aliphatic hydroxyl groups excluding tert-OH is 1. The summed E-state index contributed by atoms with van der Waals surface area (Å²) >= 11 is 1.98. The van der Waals surface area contributed by atoms with Crippen LogP contribution in [0.5, 0.6) is 0 Å². The Morgan fingerprint density at radius 2 is 1.97 bits per heavy atom. The first-order chi connectivity index (χ1) is 14.6. The predicted molar refractivity (Wildman–Crippen MR) is 124 cm³/mol. The third-order valence-electron chi connectivity index (χ3n) is 5.13. The summed E-state index contributed by atoms with van der Waals surface area (Å²) < 4.78 is 11.5. The zero-order chi connectivity index (χ0) is 21.3. The number of aliphatic hydroxyl groups is 1. The average molecular weight is 434 g/mol. The van der Waals surface area contributed by atoms with E-state index >= 15 is 0 Å². The van der Waals surface area contributed by atoms with E-state index < -0.39 is 6.10 Å². The lowest BCUT2D eigenvalue weighted by atomic mass is 10.1. The van der Waals surface area contributed by atoms with Crippen molar-refractivity contribution in [3.63, 3.8) is 0 Å². The van der Waals surface area contributed by atoms with Gasteiger partial charge in [-0.3, -0.25) is 4.90 Å². The standard InChI is InChI=1S/C23H35N3O3S/c1-4-10-25(15-20(27)17-28-18(2)3)16-21-22(19-8-6-5-7-9-19)24-29-23(21)26-11-13-30-14-12-26/h5-9,18,20,27H,4,10-17H2,1-3H3. The van der Waals surface area contributed by atoms with E-state index in [2.05, 4.69) is 34.0 Å². The number of nitrogens with zero attached hydrogens (tertiary/aromatic N) is 3. The molecule has 1 N–H and O–H groups in total. The van der Waals surface area contributed by atoms with Gasteiger partial charge in [0.15, 0.2) is 0 Å². The van der Waals surface area contributed by atoms with Crippen LogP contribution in [0.2, 0.25) is 0 Å². The molecule has 0 amide bonds. The summed E-state index contributed by atoms with van der Waals surface area (Å²) in [7, 11) is 0. The maximum absolute atomic E-state index is 10.5. The molecule has 1 aliphatic rings. The van der Waals surface area contributed by atoms with Crippen LogP contribution in [0.1, 0.15) is 32.8 Å². The number of aromatic nitrogens is 1. The normalized spacial score (nSPS) is 15.9. The Bertz CT molecular complexity index is 747. The summed E-state index contributed by atoms with van der Waals surface area (Å²) in [6.45, 7) is 10.6. The third kappa shape index (κ3) is 6.48. The summed E-state index contributed by atoms with van der Waals surface area (Å²) in [6.07, 6.45) is 0.610. The van der Waals surface area contributed by atoms with Gasteiger partial charge in [-0.15, -0.1) is 0 Å². The van der Waals surface area contributed by atoms with E-state index in [1.165, 1.54) is 0 Å². The largest absolute Gasteiger partial charge is 0.389 e. The number of hydrogen-bond acceptors (Lipinski definition) is 7. The molecule has 0 saturated carbocycles. The van der Waals surface area contributed by atoms with Crippen molar-refractivity contribution in [3.8, 4) is 11.3 Å². The van der Waals surface area contributed by atoms with Crippen molar-refractivity contribution in [1.29, 1.82) is 0 Å². The van der Waals surface area contributed by atoms with E-state index in [-0.39, 0.29) is 6.10 Å².